The summed E-state index contributed by atoms with van der Waals surface area (Å²) < 4.78 is 59.2. The number of carbonyl (C=O) groups excluding carboxylic acids is 1. The molecule has 23 heavy (non-hydrogen) atoms. The fraction of sp³-hybridized carbons (Fsp3) is 0.462. The van der Waals surface area contributed by atoms with Gasteiger partial charge in [-0.1, -0.05) is 30.3 Å². The summed E-state index contributed by atoms with van der Waals surface area (Å²) in [6, 6.07) is 10.2. The minimum absolute atomic E-state index is 0.0300. The van der Waals surface area contributed by atoms with Crippen molar-refractivity contribution in [1.82, 2.24) is 4.90 Å². The number of benzene rings is 1. The summed E-state index contributed by atoms with van der Waals surface area (Å²) in [7, 11) is -8.78. The van der Waals surface area contributed by atoms with Crippen molar-refractivity contribution < 1.29 is 35.3 Å². The molecule has 10 heteroatoms. The molecule has 1 amide bonds. The number of quaternary nitrogens is 1. The van der Waals surface area contributed by atoms with E-state index in [0.717, 1.165) is 6.42 Å². The van der Waals surface area contributed by atoms with Crippen molar-refractivity contribution >= 4 is 13.7 Å². The first-order valence-corrected chi connectivity index (χ1v) is 8.72. The molecule has 0 aliphatic carbocycles. The second-order valence-corrected chi connectivity index (χ2v) is 7.89. The number of amides is 1. The third kappa shape index (κ3) is 8.18. The maximum atomic E-state index is 12.0. The van der Waals surface area contributed by atoms with Crippen molar-refractivity contribution in [3.8, 4) is 0 Å². The van der Waals surface area contributed by atoms with Crippen molar-refractivity contribution in [3.05, 3.63) is 35.9 Å². The van der Waals surface area contributed by atoms with Gasteiger partial charge in [-0.15, -0.1) is 0 Å². The van der Waals surface area contributed by atoms with Crippen LogP contribution in [0.3, 0.4) is 0 Å². The van der Waals surface area contributed by atoms with Gasteiger partial charge in [-0.25, -0.2) is 0 Å². The Labute approximate surface area is 129 Å². The molecule has 1 aromatic rings. The fourth-order valence-electron chi connectivity index (χ4n) is 2.22. The number of rotatable bonds is 2. The van der Waals surface area contributed by atoms with Crippen LogP contribution in [0.2, 0.25) is 0 Å². The number of likely N-dealkylation sites (N-methyl/N-ethyl adjacent to an activating group) is 1. The molecule has 1 aromatic carbocycles. The molecule has 3 nitrogen and oxygen atoms in total. The van der Waals surface area contributed by atoms with Crippen LogP contribution in [-0.4, -0.2) is 29.6 Å². The van der Waals surface area contributed by atoms with Crippen molar-refractivity contribution in [2.45, 2.75) is 32.0 Å². The molecule has 1 fully saturated rings. The van der Waals surface area contributed by atoms with Gasteiger partial charge in [0.1, 0.15) is 0 Å². The first kappa shape index (κ1) is 19.7. The van der Waals surface area contributed by atoms with E-state index < -0.39 is 7.81 Å². The summed E-state index contributed by atoms with van der Waals surface area (Å²) in [6.45, 7) is 4.16. The van der Waals surface area contributed by atoms with E-state index in [1.165, 1.54) is 5.56 Å². The molecule has 1 atom stereocenters. The van der Waals surface area contributed by atoms with Gasteiger partial charge in [-0.05, 0) is 5.56 Å². The standard InChI is InChI=1S/C13H18N2O.F6P/c1-13(2)14-11(12(16)15(13)3)9-10-7-5-4-6-8-10;1-7(2,3,4,5)6/h4-8,11,14H,9H2,1-3H3;/q;-1/p+1/t11-;/m0./s1. The zero-order valence-corrected chi connectivity index (χ0v) is 13.7. The Bertz CT molecular complexity index is 561. The number of nitrogens with two attached hydrogens (primary N) is 1. The molecule has 0 unspecified atom stereocenters. The third-order valence-electron chi connectivity index (χ3n) is 3.42. The molecule has 2 rings (SSSR count). The van der Waals surface area contributed by atoms with Crippen LogP contribution < -0.4 is 5.32 Å². The molecule has 0 saturated carbocycles. The molecule has 0 bridgehead atoms. The molecule has 0 aromatic heterocycles. The van der Waals surface area contributed by atoms with Gasteiger partial charge in [0.15, 0.2) is 11.7 Å². The van der Waals surface area contributed by atoms with Gasteiger partial charge >= 0.3 is 33.0 Å². The Balaban J connectivity index is 0.000000322. The summed E-state index contributed by atoms with van der Waals surface area (Å²) in [5.74, 6) is 0.230. The van der Waals surface area contributed by atoms with Gasteiger partial charge in [0.25, 0.3) is 5.91 Å². The molecular weight excluding hydrogens is 345 g/mol. The van der Waals surface area contributed by atoms with Gasteiger partial charge in [-0.3, -0.25) is 9.69 Å². The SMILES string of the molecule is CN1C(=O)[C@H](Cc2ccccc2)[NH2+]C1(C)C.F[P-](F)(F)(F)(F)F. The van der Waals surface area contributed by atoms with Crippen LogP contribution in [0.1, 0.15) is 19.4 Å². The van der Waals surface area contributed by atoms with Gasteiger partial charge in [0, 0.05) is 27.3 Å². The van der Waals surface area contributed by atoms with Gasteiger partial charge < -0.3 is 5.32 Å². The Hall–Kier alpha value is -1.34. The van der Waals surface area contributed by atoms with Crippen LogP contribution in [0.4, 0.5) is 25.2 Å². The van der Waals surface area contributed by atoms with E-state index in [1.54, 1.807) is 0 Å². The summed E-state index contributed by atoms with van der Waals surface area (Å²) in [5.41, 5.74) is 1.11. The first-order chi connectivity index (χ1) is 9.95. The molecule has 0 spiro atoms. The van der Waals surface area contributed by atoms with E-state index in [9.17, 15) is 30.0 Å². The third-order valence-corrected chi connectivity index (χ3v) is 3.42. The van der Waals surface area contributed by atoms with Crippen molar-refractivity contribution in [3.63, 3.8) is 0 Å². The summed E-state index contributed by atoms with van der Waals surface area (Å²) >= 11 is 0. The minimum atomic E-state index is -10.7. The van der Waals surface area contributed by atoms with E-state index >= 15 is 0 Å². The van der Waals surface area contributed by atoms with E-state index in [2.05, 4.69) is 31.3 Å². The Morgan fingerprint density at radius 2 is 1.52 bits per heavy atom. The molecule has 1 aliphatic rings. The zero-order chi connectivity index (χ0) is 18.2. The van der Waals surface area contributed by atoms with Crippen molar-refractivity contribution in [2.24, 2.45) is 0 Å². The number of carbonyl (C=O) groups is 1. The monoisotopic (exact) mass is 364 g/mol. The van der Waals surface area contributed by atoms with E-state index in [1.807, 2.05) is 30.1 Å². The number of halogens is 6. The van der Waals surface area contributed by atoms with Crippen LogP contribution in [0.15, 0.2) is 30.3 Å². The maximum absolute atomic E-state index is 12.0. The van der Waals surface area contributed by atoms with Crippen molar-refractivity contribution in [1.29, 1.82) is 0 Å². The van der Waals surface area contributed by atoms with Gasteiger partial charge in [0.05, 0.1) is 0 Å². The number of nitrogens with zero attached hydrogens (tertiary/aromatic N) is 1. The summed E-state index contributed by atoms with van der Waals surface area (Å²) in [5, 5.41) is 2.16. The topological polar surface area (TPSA) is 36.9 Å². The zero-order valence-electron chi connectivity index (χ0n) is 12.8. The molecule has 0 radical (unpaired) electrons. The van der Waals surface area contributed by atoms with Crippen LogP contribution in [-0.2, 0) is 11.2 Å². The van der Waals surface area contributed by atoms with Crippen LogP contribution in [0.25, 0.3) is 0 Å². The Morgan fingerprint density at radius 3 is 1.87 bits per heavy atom. The molecule has 1 saturated heterocycles. The van der Waals surface area contributed by atoms with E-state index in [-0.39, 0.29) is 17.6 Å². The molecular formula is C13H19F6N2OP. The summed E-state index contributed by atoms with van der Waals surface area (Å²) in [4.78, 5) is 13.9. The predicted molar refractivity (Wildman–Crippen MR) is 76.3 cm³/mol. The Morgan fingerprint density at radius 1 is 1.09 bits per heavy atom. The van der Waals surface area contributed by atoms with Crippen molar-refractivity contribution in [2.75, 3.05) is 7.05 Å². The molecule has 1 aliphatic heterocycles. The van der Waals surface area contributed by atoms with Crippen LogP contribution in [0.5, 0.6) is 0 Å². The average molecular weight is 364 g/mol. The van der Waals surface area contributed by atoms with E-state index in [0.29, 0.717) is 0 Å². The van der Waals surface area contributed by atoms with Gasteiger partial charge in [0.2, 0.25) is 0 Å². The number of hydrogen-bond acceptors (Lipinski definition) is 1. The molecule has 134 valence electrons. The summed E-state index contributed by atoms with van der Waals surface area (Å²) in [6.07, 6.45) is 0.813. The quantitative estimate of drug-likeness (QED) is 0.630. The molecule has 2 N–H and O–H groups in total. The molecule has 1 heterocycles. The second-order valence-electron chi connectivity index (χ2n) is 5.97. The van der Waals surface area contributed by atoms with Gasteiger partial charge in [-0.2, -0.15) is 0 Å². The fourth-order valence-corrected chi connectivity index (χ4v) is 2.22. The normalized spacial score (nSPS) is 23.6. The van der Waals surface area contributed by atoms with Crippen LogP contribution >= 0.6 is 7.81 Å². The van der Waals surface area contributed by atoms with Crippen LogP contribution in [0, 0.1) is 0 Å². The van der Waals surface area contributed by atoms with E-state index in [4.69, 9.17) is 0 Å². The Kier molecular flexibility index (Phi) is 4.58. The predicted octanol–water partition coefficient (Wildman–Crippen LogP) is 3.75. The first-order valence-electron chi connectivity index (χ1n) is 6.70. The second kappa shape index (κ2) is 5.34. The average Bonchev–Trinajstić information content (AvgIpc) is 2.50. The number of hydrogen-bond donors (Lipinski definition) is 1.